The maximum atomic E-state index is 13.4. The van der Waals surface area contributed by atoms with Crippen LogP contribution < -0.4 is 5.32 Å². The average molecular weight is 369 g/mol. The summed E-state index contributed by atoms with van der Waals surface area (Å²) in [4.78, 5) is 13.7. The van der Waals surface area contributed by atoms with Crippen LogP contribution >= 0.6 is 11.6 Å². The molecule has 2 amide bonds. The van der Waals surface area contributed by atoms with Gasteiger partial charge in [-0.25, -0.2) is 18.0 Å². The van der Waals surface area contributed by atoms with E-state index in [2.05, 4.69) is 5.32 Å². The maximum absolute atomic E-state index is 13.4. The Morgan fingerprint density at radius 2 is 1.88 bits per heavy atom. The molecule has 25 heavy (non-hydrogen) atoms. The monoisotopic (exact) mass is 368 g/mol. The van der Waals surface area contributed by atoms with E-state index in [1.54, 1.807) is 25.1 Å². The van der Waals surface area contributed by atoms with Gasteiger partial charge < -0.3 is 10.2 Å². The molecule has 2 aromatic carbocycles. The van der Waals surface area contributed by atoms with Crippen molar-refractivity contribution in [1.82, 2.24) is 4.90 Å². The number of anilines is 1. The van der Waals surface area contributed by atoms with Crippen LogP contribution in [0.15, 0.2) is 42.5 Å². The van der Waals surface area contributed by atoms with E-state index >= 15 is 0 Å². The van der Waals surface area contributed by atoms with Crippen LogP contribution in [-0.4, -0.2) is 23.9 Å². The fourth-order valence-electron chi connectivity index (χ4n) is 3.47. The van der Waals surface area contributed by atoms with Crippen molar-refractivity contribution in [3.63, 3.8) is 0 Å². The SMILES string of the molecule is CCC1(c2ccc(F)cc2)c2cc(Cl)ccc2NC(=O)N1CC(F)F. The van der Waals surface area contributed by atoms with Crippen LogP contribution in [0.2, 0.25) is 5.02 Å². The highest BCUT2D eigenvalue weighted by Gasteiger charge is 2.47. The number of halogens is 4. The van der Waals surface area contributed by atoms with E-state index in [9.17, 15) is 18.0 Å². The van der Waals surface area contributed by atoms with E-state index in [0.29, 0.717) is 28.3 Å². The van der Waals surface area contributed by atoms with Crippen molar-refractivity contribution in [2.45, 2.75) is 25.3 Å². The van der Waals surface area contributed by atoms with Crippen LogP contribution in [-0.2, 0) is 5.54 Å². The number of benzene rings is 2. The molecule has 1 N–H and O–H groups in total. The Balaban J connectivity index is 2.29. The minimum Gasteiger partial charge on any atom is -0.307 e. The molecule has 1 aliphatic rings. The molecule has 0 fully saturated rings. The van der Waals surface area contributed by atoms with Gasteiger partial charge in [0.05, 0.1) is 12.1 Å². The second kappa shape index (κ2) is 6.59. The van der Waals surface area contributed by atoms with E-state index in [1.807, 2.05) is 0 Å². The first-order valence-electron chi connectivity index (χ1n) is 7.81. The number of fused-ring (bicyclic) bond motifs is 1. The predicted molar refractivity (Wildman–Crippen MR) is 90.7 cm³/mol. The Bertz CT molecular complexity index is 797. The van der Waals surface area contributed by atoms with Crippen LogP contribution in [0.3, 0.4) is 0 Å². The molecule has 0 bridgehead atoms. The average Bonchev–Trinajstić information content (AvgIpc) is 2.57. The summed E-state index contributed by atoms with van der Waals surface area (Å²) in [6.45, 7) is 1.05. The summed E-state index contributed by atoms with van der Waals surface area (Å²) >= 11 is 6.12. The smallest absolute Gasteiger partial charge is 0.307 e. The lowest BCUT2D eigenvalue weighted by atomic mass is 9.77. The molecule has 0 aromatic heterocycles. The van der Waals surface area contributed by atoms with Crippen LogP contribution in [0.25, 0.3) is 0 Å². The minimum absolute atomic E-state index is 0.326. The standard InChI is InChI=1S/C18H16ClF3N2O/c1-2-18(11-3-6-13(20)7-4-11)14-9-12(19)5-8-15(14)23-17(25)24(18)10-16(21)22/h3-9,16H,2,10H2,1H3,(H,23,25). The van der Waals surface area contributed by atoms with Gasteiger partial charge in [-0.15, -0.1) is 0 Å². The number of hydrogen-bond donors (Lipinski definition) is 1. The molecule has 0 aliphatic carbocycles. The molecule has 1 aliphatic heterocycles. The normalized spacial score (nSPS) is 19.8. The largest absolute Gasteiger partial charge is 0.323 e. The molecule has 0 radical (unpaired) electrons. The van der Waals surface area contributed by atoms with Crippen molar-refractivity contribution in [1.29, 1.82) is 0 Å². The molecule has 3 rings (SSSR count). The predicted octanol–water partition coefficient (Wildman–Crippen LogP) is 5.25. The van der Waals surface area contributed by atoms with Gasteiger partial charge in [-0.05, 0) is 42.3 Å². The first-order valence-corrected chi connectivity index (χ1v) is 8.19. The Labute approximate surface area is 148 Å². The molecule has 132 valence electrons. The number of nitrogens with one attached hydrogen (secondary N) is 1. The molecule has 0 saturated heterocycles. The molecule has 3 nitrogen and oxygen atoms in total. The van der Waals surface area contributed by atoms with Crippen molar-refractivity contribution < 1.29 is 18.0 Å². The molecule has 1 atom stereocenters. The molecule has 7 heteroatoms. The zero-order valence-corrected chi connectivity index (χ0v) is 14.2. The summed E-state index contributed by atoms with van der Waals surface area (Å²) in [5.41, 5.74) is 0.503. The minimum atomic E-state index is -2.71. The first kappa shape index (κ1) is 17.6. The van der Waals surface area contributed by atoms with E-state index < -0.39 is 30.4 Å². The summed E-state index contributed by atoms with van der Waals surface area (Å²) in [5, 5.41) is 3.06. The molecule has 0 spiro atoms. The van der Waals surface area contributed by atoms with Crippen LogP contribution in [0.1, 0.15) is 24.5 Å². The van der Waals surface area contributed by atoms with Gasteiger partial charge in [0.2, 0.25) is 0 Å². The second-order valence-corrected chi connectivity index (χ2v) is 6.28. The molecular formula is C18H16ClF3N2O. The lowest BCUT2D eigenvalue weighted by Gasteiger charge is -2.48. The summed E-state index contributed by atoms with van der Waals surface area (Å²) in [7, 11) is 0. The Kier molecular flexibility index (Phi) is 4.64. The highest BCUT2D eigenvalue weighted by atomic mass is 35.5. The van der Waals surface area contributed by atoms with Gasteiger partial charge in [0, 0.05) is 16.3 Å². The highest BCUT2D eigenvalue weighted by Crippen LogP contribution is 2.46. The third-order valence-electron chi connectivity index (χ3n) is 4.53. The number of alkyl halides is 2. The van der Waals surface area contributed by atoms with Crippen molar-refractivity contribution in [2.75, 3.05) is 11.9 Å². The number of carbonyl (C=O) groups is 1. The van der Waals surface area contributed by atoms with Crippen molar-refractivity contribution >= 4 is 23.3 Å². The lowest BCUT2D eigenvalue weighted by molar-refractivity contribution is 0.0574. The van der Waals surface area contributed by atoms with Crippen molar-refractivity contribution in [3.8, 4) is 0 Å². The zero-order valence-electron chi connectivity index (χ0n) is 13.4. The summed E-state index contributed by atoms with van der Waals surface area (Å²) in [5.74, 6) is -0.443. The number of amides is 2. The van der Waals surface area contributed by atoms with Crippen molar-refractivity contribution in [3.05, 3.63) is 64.4 Å². The maximum Gasteiger partial charge on any atom is 0.323 e. The Morgan fingerprint density at radius 1 is 1.20 bits per heavy atom. The molecular weight excluding hydrogens is 353 g/mol. The van der Waals surface area contributed by atoms with E-state index in [0.717, 1.165) is 4.90 Å². The van der Waals surface area contributed by atoms with Gasteiger partial charge in [-0.3, -0.25) is 0 Å². The third kappa shape index (κ3) is 2.95. The zero-order chi connectivity index (χ0) is 18.2. The van der Waals surface area contributed by atoms with E-state index in [-0.39, 0.29) is 0 Å². The lowest BCUT2D eigenvalue weighted by Crippen LogP contribution is -2.56. The summed E-state index contributed by atoms with van der Waals surface area (Å²) in [6.07, 6.45) is -2.38. The third-order valence-corrected chi connectivity index (χ3v) is 4.76. The topological polar surface area (TPSA) is 32.3 Å². The number of hydrogen-bond acceptors (Lipinski definition) is 1. The molecule has 1 heterocycles. The van der Waals surface area contributed by atoms with Gasteiger partial charge in [0.1, 0.15) is 5.82 Å². The van der Waals surface area contributed by atoms with Crippen LogP contribution in [0.4, 0.5) is 23.7 Å². The van der Waals surface area contributed by atoms with Gasteiger partial charge in [-0.2, -0.15) is 0 Å². The summed E-state index contributed by atoms with van der Waals surface area (Å²) < 4.78 is 39.8. The van der Waals surface area contributed by atoms with Gasteiger partial charge >= 0.3 is 6.03 Å². The summed E-state index contributed by atoms with van der Waals surface area (Å²) in [6, 6.07) is 9.83. The quantitative estimate of drug-likeness (QED) is 0.785. The van der Waals surface area contributed by atoms with Crippen LogP contribution in [0.5, 0.6) is 0 Å². The molecule has 2 aromatic rings. The molecule has 0 saturated carbocycles. The number of carbonyl (C=O) groups excluding carboxylic acids is 1. The van der Waals surface area contributed by atoms with E-state index in [4.69, 9.17) is 11.6 Å². The Morgan fingerprint density at radius 3 is 2.48 bits per heavy atom. The van der Waals surface area contributed by atoms with Gasteiger partial charge in [-0.1, -0.05) is 30.7 Å². The fourth-order valence-corrected chi connectivity index (χ4v) is 3.64. The first-order chi connectivity index (χ1) is 11.9. The Hall–Kier alpha value is -2.21. The number of nitrogens with zero attached hydrogens (tertiary/aromatic N) is 1. The highest BCUT2D eigenvalue weighted by molar-refractivity contribution is 6.30. The van der Waals surface area contributed by atoms with Crippen LogP contribution in [0, 0.1) is 5.82 Å². The number of rotatable bonds is 4. The fraction of sp³-hybridized carbons (Fsp3) is 0.278. The van der Waals surface area contributed by atoms with Gasteiger partial charge in [0.25, 0.3) is 6.43 Å². The van der Waals surface area contributed by atoms with E-state index in [1.165, 1.54) is 24.3 Å². The van der Waals surface area contributed by atoms with Gasteiger partial charge in [0.15, 0.2) is 0 Å². The van der Waals surface area contributed by atoms with Crippen molar-refractivity contribution in [2.24, 2.45) is 0 Å². The second-order valence-electron chi connectivity index (χ2n) is 5.84. The number of urea groups is 1. The molecule has 1 unspecified atom stereocenters.